The normalized spacial score (nSPS) is 22.6. The number of nitrogens with zero attached hydrogens (tertiary/aromatic N) is 3. The van der Waals surface area contributed by atoms with Gasteiger partial charge in [0.2, 0.25) is 0 Å². The minimum atomic E-state index is -0.383. The Morgan fingerprint density at radius 1 is 1.21 bits per heavy atom. The number of benzene rings is 1. The summed E-state index contributed by atoms with van der Waals surface area (Å²) < 4.78 is 6.53. The Labute approximate surface area is 177 Å². The maximum Gasteiger partial charge on any atom is 0.253 e. The van der Waals surface area contributed by atoms with Crippen molar-refractivity contribution in [2.75, 3.05) is 40.3 Å². The highest BCUT2D eigenvalue weighted by Gasteiger charge is 2.44. The van der Waals surface area contributed by atoms with Crippen LogP contribution in [-0.4, -0.2) is 72.6 Å². The average Bonchev–Trinajstić information content (AvgIpc) is 3.23. The van der Waals surface area contributed by atoms with E-state index in [4.69, 9.17) is 4.74 Å². The van der Waals surface area contributed by atoms with Crippen LogP contribution < -0.4 is 0 Å². The Kier molecular flexibility index (Phi) is 6.35. The van der Waals surface area contributed by atoms with Crippen molar-refractivity contribution in [3.63, 3.8) is 0 Å². The van der Waals surface area contributed by atoms with Crippen molar-refractivity contribution in [1.82, 2.24) is 14.7 Å². The van der Waals surface area contributed by atoms with E-state index >= 15 is 0 Å². The van der Waals surface area contributed by atoms with Gasteiger partial charge in [-0.05, 0) is 36.9 Å². The lowest BCUT2D eigenvalue weighted by Crippen LogP contribution is -2.61. The van der Waals surface area contributed by atoms with Gasteiger partial charge in [0, 0.05) is 51.2 Å². The maximum atomic E-state index is 13.1. The summed E-state index contributed by atoms with van der Waals surface area (Å²) in [4.78, 5) is 21.1. The number of morpholine rings is 1. The van der Waals surface area contributed by atoms with Gasteiger partial charge in [-0.25, -0.2) is 0 Å². The van der Waals surface area contributed by atoms with Crippen LogP contribution in [0.3, 0.4) is 0 Å². The number of carbonyl (C=O) groups excluding carboxylic acids is 1. The third kappa shape index (κ3) is 5.07. The largest absolute Gasteiger partial charge is 0.359 e. The summed E-state index contributed by atoms with van der Waals surface area (Å²) in [5.41, 5.74) is 0.941. The minimum Gasteiger partial charge on any atom is -0.359 e. The highest BCUT2D eigenvalue weighted by atomic mass is 32.1. The van der Waals surface area contributed by atoms with Crippen molar-refractivity contribution < 1.29 is 9.53 Å². The summed E-state index contributed by atoms with van der Waals surface area (Å²) in [5.74, 6) is 0.0841. The van der Waals surface area contributed by atoms with E-state index in [1.165, 1.54) is 4.88 Å². The number of hydrogen-bond acceptors (Lipinski definition) is 5. The van der Waals surface area contributed by atoms with Crippen molar-refractivity contribution in [3.05, 3.63) is 58.3 Å². The SMILES string of the molecule is CN1C[C@H](C(=O)N(C)Cc2ccccc2)OC2(CCN(Cc3cccs3)CC2)C1. The molecule has 3 heterocycles. The molecule has 2 aliphatic heterocycles. The van der Waals surface area contributed by atoms with Crippen LogP contribution in [0, 0.1) is 0 Å². The number of hydrogen-bond donors (Lipinski definition) is 0. The van der Waals surface area contributed by atoms with Crippen LogP contribution >= 0.6 is 11.3 Å². The zero-order chi connectivity index (χ0) is 20.3. The summed E-state index contributed by atoms with van der Waals surface area (Å²) in [7, 11) is 3.99. The summed E-state index contributed by atoms with van der Waals surface area (Å²) in [5, 5.41) is 2.14. The van der Waals surface area contributed by atoms with Crippen LogP contribution in [0.2, 0.25) is 0 Å². The Bertz CT molecular complexity index is 788. The number of thiophene rings is 1. The lowest BCUT2D eigenvalue weighted by molar-refractivity contribution is -0.188. The van der Waals surface area contributed by atoms with Crippen LogP contribution in [0.1, 0.15) is 23.3 Å². The van der Waals surface area contributed by atoms with E-state index in [2.05, 4.69) is 46.5 Å². The Balaban J connectivity index is 1.36. The van der Waals surface area contributed by atoms with Crippen molar-refractivity contribution >= 4 is 17.2 Å². The smallest absolute Gasteiger partial charge is 0.253 e. The monoisotopic (exact) mass is 413 g/mol. The second-order valence-corrected chi connectivity index (χ2v) is 9.55. The van der Waals surface area contributed by atoms with Gasteiger partial charge in [0.15, 0.2) is 0 Å². The van der Waals surface area contributed by atoms with Gasteiger partial charge in [-0.15, -0.1) is 11.3 Å². The Morgan fingerprint density at radius 3 is 2.66 bits per heavy atom. The molecule has 0 N–H and O–H groups in total. The quantitative estimate of drug-likeness (QED) is 0.755. The molecule has 156 valence electrons. The van der Waals surface area contributed by atoms with E-state index in [0.717, 1.165) is 44.6 Å². The number of piperidine rings is 1. The first-order valence-electron chi connectivity index (χ1n) is 10.4. The molecule has 29 heavy (non-hydrogen) atoms. The Morgan fingerprint density at radius 2 is 1.97 bits per heavy atom. The van der Waals surface area contributed by atoms with Gasteiger partial charge in [0.05, 0.1) is 5.60 Å². The molecular weight excluding hydrogens is 382 g/mol. The first kappa shape index (κ1) is 20.5. The lowest BCUT2D eigenvalue weighted by atomic mass is 9.88. The number of amides is 1. The van der Waals surface area contributed by atoms with Crippen LogP contribution in [0.4, 0.5) is 0 Å². The van der Waals surface area contributed by atoms with Gasteiger partial charge in [-0.3, -0.25) is 9.69 Å². The van der Waals surface area contributed by atoms with Crippen molar-refractivity contribution in [3.8, 4) is 0 Å². The van der Waals surface area contributed by atoms with Gasteiger partial charge in [-0.2, -0.15) is 0 Å². The first-order valence-corrected chi connectivity index (χ1v) is 11.3. The number of likely N-dealkylation sites (tertiary alicyclic amines) is 1. The van der Waals surface area contributed by atoms with Crippen molar-refractivity contribution in [2.45, 2.75) is 37.6 Å². The van der Waals surface area contributed by atoms with Crippen LogP contribution in [0.5, 0.6) is 0 Å². The van der Waals surface area contributed by atoms with E-state index in [1.807, 2.05) is 36.6 Å². The Hall–Kier alpha value is -1.73. The number of carbonyl (C=O) groups is 1. The molecule has 1 atom stereocenters. The minimum absolute atomic E-state index is 0.0841. The van der Waals surface area contributed by atoms with Crippen LogP contribution in [0.15, 0.2) is 47.8 Å². The second-order valence-electron chi connectivity index (χ2n) is 8.52. The molecule has 4 rings (SSSR count). The summed E-state index contributed by atoms with van der Waals surface area (Å²) in [6, 6.07) is 14.5. The van der Waals surface area contributed by atoms with E-state index < -0.39 is 0 Å². The molecule has 2 fully saturated rings. The third-order valence-electron chi connectivity index (χ3n) is 6.07. The zero-order valence-electron chi connectivity index (χ0n) is 17.4. The molecule has 0 aliphatic carbocycles. The average molecular weight is 414 g/mol. The van der Waals surface area contributed by atoms with Crippen molar-refractivity contribution in [1.29, 1.82) is 0 Å². The zero-order valence-corrected chi connectivity index (χ0v) is 18.2. The predicted molar refractivity (Wildman–Crippen MR) is 117 cm³/mol. The number of rotatable bonds is 5. The molecule has 0 unspecified atom stereocenters. The molecule has 1 aromatic carbocycles. The van der Waals surface area contributed by atoms with Gasteiger partial charge in [0.25, 0.3) is 5.91 Å². The standard InChI is InChI=1S/C23H31N3O2S/c1-24-17-21(22(27)25(2)15-19-7-4-3-5-8-19)28-23(18-24)10-12-26(13-11-23)16-20-9-6-14-29-20/h3-9,14,21H,10-13,15-18H2,1-2H3/t21-/m1/s1. The highest BCUT2D eigenvalue weighted by molar-refractivity contribution is 7.09. The fourth-order valence-corrected chi connectivity index (χ4v) is 5.29. The summed E-state index contributed by atoms with van der Waals surface area (Å²) in [6.07, 6.45) is 1.58. The molecule has 2 aliphatic rings. The van der Waals surface area contributed by atoms with Crippen LogP contribution in [-0.2, 0) is 22.6 Å². The molecule has 1 spiro atoms. The maximum absolute atomic E-state index is 13.1. The molecule has 5 nitrogen and oxygen atoms in total. The fourth-order valence-electron chi connectivity index (χ4n) is 4.54. The molecule has 0 saturated carbocycles. The summed E-state index contributed by atoms with van der Waals surface area (Å²) in [6.45, 7) is 5.25. The molecule has 2 saturated heterocycles. The number of likely N-dealkylation sites (N-methyl/N-ethyl adjacent to an activating group) is 2. The van der Waals surface area contributed by atoms with E-state index in [0.29, 0.717) is 13.1 Å². The third-order valence-corrected chi connectivity index (χ3v) is 6.93. The second kappa shape index (κ2) is 8.96. The molecule has 0 radical (unpaired) electrons. The molecule has 1 aromatic heterocycles. The van der Waals surface area contributed by atoms with Gasteiger partial charge in [-0.1, -0.05) is 36.4 Å². The summed E-state index contributed by atoms with van der Waals surface area (Å²) >= 11 is 1.82. The van der Waals surface area contributed by atoms with Gasteiger partial charge < -0.3 is 14.5 Å². The highest BCUT2D eigenvalue weighted by Crippen LogP contribution is 2.33. The predicted octanol–water partition coefficient (Wildman–Crippen LogP) is 3.07. The molecular formula is C23H31N3O2S. The van der Waals surface area contributed by atoms with E-state index in [9.17, 15) is 4.79 Å². The van der Waals surface area contributed by atoms with E-state index in [-0.39, 0.29) is 17.6 Å². The molecule has 2 aromatic rings. The van der Waals surface area contributed by atoms with Gasteiger partial charge >= 0.3 is 0 Å². The number of ether oxygens (including phenoxy) is 1. The fraction of sp³-hybridized carbons (Fsp3) is 0.522. The first-order chi connectivity index (χ1) is 14.0. The van der Waals surface area contributed by atoms with Crippen molar-refractivity contribution in [2.24, 2.45) is 0 Å². The molecule has 0 bridgehead atoms. The molecule has 6 heteroatoms. The van der Waals surface area contributed by atoms with E-state index in [1.54, 1.807) is 4.90 Å². The van der Waals surface area contributed by atoms with Gasteiger partial charge in [0.1, 0.15) is 6.10 Å². The molecule has 1 amide bonds. The topological polar surface area (TPSA) is 36.0 Å². The van der Waals surface area contributed by atoms with Crippen LogP contribution in [0.25, 0.3) is 0 Å². The lowest BCUT2D eigenvalue weighted by Gasteiger charge is -2.49.